The lowest BCUT2D eigenvalue weighted by Gasteiger charge is -2.35. The zero-order valence-electron chi connectivity index (χ0n) is 16.1. The third-order valence-electron chi connectivity index (χ3n) is 5.60. The summed E-state index contributed by atoms with van der Waals surface area (Å²) in [4.78, 5) is 31.8. The molecule has 0 radical (unpaired) electrons. The number of hydrogen-bond acceptors (Lipinski definition) is 7. The first-order chi connectivity index (χ1) is 14.1. The minimum Gasteiger partial charge on any atom is -0.362 e. The first-order valence-electron chi connectivity index (χ1n) is 9.93. The molecule has 2 aromatic rings. The van der Waals surface area contributed by atoms with Gasteiger partial charge in [0.15, 0.2) is 0 Å². The van der Waals surface area contributed by atoms with Crippen molar-refractivity contribution >= 4 is 29.0 Å². The topological polar surface area (TPSA) is 108 Å². The molecule has 10 heteroatoms. The highest BCUT2D eigenvalue weighted by Gasteiger charge is 2.26. The van der Waals surface area contributed by atoms with E-state index >= 15 is 0 Å². The van der Waals surface area contributed by atoms with Gasteiger partial charge >= 0.3 is 0 Å². The predicted octanol–water partition coefficient (Wildman–Crippen LogP) is 2.81. The Kier molecular flexibility index (Phi) is 5.98. The quantitative estimate of drug-likeness (QED) is 0.438. The van der Waals surface area contributed by atoms with Crippen LogP contribution in [-0.4, -0.2) is 62.8 Å². The van der Waals surface area contributed by atoms with Gasteiger partial charge in [0.25, 0.3) is 5.69 Å². The molecule has 2 aliphatic rings. The Balaban J connectivity index is 1.28. The van der Waals surface area contributed by atoms with E-state index in [1.165, 1.54) is 30.7 Å². The van der Waals surface area contributed by atoms with Gasteiger partial charge in [-0.2, -0.15) is 0 Å². The number of aromatic nitrogens is 3. The SMILES string of the molecule is O=C(CSc1n[nH]c(C2CCCC2)n1)N1CCN(c2ccccc2[N+](=O)[O-])CC1. The van der Waals surface area contributed by atoms with Crippen molar-refractivity contribution in [3.63, 3.8) is 0 Å². The second-order valence-corrected chi connectivity index (χ2v) is 8.33. The fourth-order valence-corrected chi connectivity index (χ4v) is 4.71. The molecule has 1 aliphatic carbocycles. The maximum Gasteiger partial charge on any atom is 0.292 e. The van der Waals surface area contributed by atoms with Crippen molar-refractivity contribution in [2.24, 2.45) is 0 Å². The molecular weight excluding hydrogens is 392 g/mol. The number of para-hydroxylation sites is 2. The normalized spacial score (nSPS) is 17.7. The number of aromatic amines is 1. The van der Waals surface area contributed by atoms with Gasteiger partial charge in [0.2, 0.25) is 11.1 Å². The number of hydrogen-bond donors (Lipinski definition) is 1. The molecule has 1 amide bonds. The van der Waals surface area contributed by atoms with Crippen molar-refractivity contribution in [3.8, 4) is 0 Å². The van der Waals surface area contributed by atoms with Crippen LogP contribution in [0.1, 0.15) is 37.4 Å². The number of nitrogens with one attached hydrogen (secondary N) is 1. The van der Waals surface area contributed by atoms with Crippen LogP contribution in [0.3, 0.4) is 0 Å². The first-order valence-corrected chi connectivity index (χ1v) is 10.9. The summed E-state index contributed by atoms with van der Waals surface area (Å²) in [5, 5.41) is 19.1. The molecular formula is C19H24N6O3S. The van der Waals surface area contributed by atoms with E-state index in [0.29, 0.717) is 48.7 Å². The molecule has 1 saturated carbocycles. The number of nitrogens with zero attached hydrogens (tertiary/aromatic N) is 5. The van der Waals surface area contributed by atoms with Gasteiger partial charge in [-0.1, -0.05) is 36.7 Å². The van der Waals surface area contributed by atoms with Crippen molar-refractivity contribution in [1.82, 2.24) is 20.1 Å². The van der Waals surface area contributed by atoms with E-state index in [4.69, 9.17) is 0 Å². The molecule has 1 aromatic carbocycles. The van der Waals surface area contributed by atoms with Crippen LogP contribution in [-0.2, 0) is 4.79 Å². The smallest absolute Gasteiger partial charge is 0.292 e. The molecule has 1 aromatic heterocycles. The second kappa shape index (κ2) is 8.81. The molecule has 9 nitrogen and oxygen atoms in total. The maximum absolute atomic E-state index is 12.6. The van der Waals surface area contributed by atoms with E-state index in [9.17, 15) is 14.9 Å². The van der Waals surface area contributed by atoms with Crippen LogP contribution < -0.4 is 4.90 Å². The number of amides is 1. The molecule has 1 saturated heterocycles. The molecule has 1 N–H and O–H groups in total. The lowest BCUT2D eigenvalue weighted by atomic mass is 10.1. The van der Waals surface area contributed by atoms with E-state index in [-0.39, 0.29) is 16.5 Å². The number of nitro groups is 1. The minimum absolute atomic E-state index is 0.0458. The van der Waals surface area contributed by atoms with Gasteiger partial charge < -0.3 is 9.80 Å². The number of thioether (sulfide) groups is 1. The standard InChI is InChI=1S/C19H24N6O3S/c26-17(13-29-19-20-18(21-22-19)14-5-1-2-6-14)24-11-9-23(10-12-24)15-7-3-4-8-16(15)25(27)28/h3-4,7-8,14H,1-2,5-6,9-13H2,(H,20,21,22). The number of anilines is 1. The lowest BCUT2D eigenvalue weighted by Crippen LogP contribution is -2.49. The van der Waals surface area contributed by atoms with E-state index < -0.39 is 0 Å². The minimum atomic E-state index is -0.361. The first kappa shape index (κ1) is 19.7. The fourth-order valence-electron chi connectivity index (χ4n) is 4.00. The van der Waals surface area contributed by atoms with Crippen LogP contribution in [0.25, 0.3) is 0 Å². The Bertz CT molecular complexity index is 874. The number of piperazine rings is 1. The molecule has 0 spiro atoms. The molecule has 2 heterocycles. The molecule has 0 atom stereocenters. The lowest BCUT2D eigenvalue weighted by molar-refractivity contribution is -0.384. The van der Waals surface area contributed by atoms with Gasteiger partial charge in [0.1, 0.15) is 11.5 Å². The summed E-state index contributed by atoms with van der Waals surface area (Å²) in [7, 11) is 0. The summed E-state index contributed by atoms with van der Waals surface area (Å²) in [6.07, 6.45) is 4.79. The molecule has 2 fully saturated rings. The molecule has 154 valence electrons. The van der Waals surface area contributed by atoms with Crippen LogP contribution in [0.2, 0.25) is 0 Å². The zero-order chi connectivity index (χ0) is 20.2. The van der Waals surface area contributed by atoms with E-state index in [2.05, 4.69) is 15.2 Å². The van der Waals surface area contributed by atoms with E-state index in [1.54, 1.807) is 18.2 Å². The summed E-state index contributed by atoms with van der Waals surface area (Å²) >= 11 is 1.36. The summed E-state index contributed by atoms with van der Waals surface area (Å²) in [5.41, 5.74) is 0.713. The fraction of sp³-hybridized carbons (Fsp3) is 0.526. The molecule has 0 bridgehead atoms. The Morgan fingerprint density at radius 1 is 1.21 bits per heavy atom. The van der Waals surface area contributed by atoms with E-state index in [1.807, 2.05) is 9.80 Å². The predicted molar refractivity (Wildman–Crippen MR) is 110 cm³/mol. The van der Waals surface area contributed by atoms with Gasteiger partial charge in [0.05, 0.1) is 10.7 Å². The molecule has 0 unspecified atom stereocenters. The number of benzene rings is 1. The van der Waals surface area contributed by atoms with Gasteiger partial charge in [-0.05, 0) is 18.9 Å². The average Bonchev–Trinajstić information content (AvgIpc) is 3.44. The monoisotopic (exact) mass is 416 g/mol. The Labute approximate surface area is 173 Å². The van der Waals surface area contributed by atoms with Crippen molar-refractivity contribution in [3.05, 3.63) is 40.2 Å². The third kappa shape index (κ3) is 4.52. The van der Waals surface area contributed by atoms with Crippen molar-refractivity contribution in [1.29, 1.82) is 0 Å². The number of carbonyl (C=O) groups excluding carboxylic acids is 1. The van der Waals surface area contributed by atoms with Gasteiger partial charge in [0, 0.05) is 38.2 Å². The number of rotatable bonds is 6. The summed E-state index contributed by atoms with van der Waals surface area (Å²) in [6, 6.07) is 6.74. The molecule has 1 aliphatic heterocycles. The van der Waals surface area contributed by atoms with Crippen LogP contribution in [0.15, 0.2) is 29.4 Å². The average molecular weight is 417 g/mol. The zero-order valence-corrected chi connectivity index (χ0v) is 16.9. The highest BCUT2D eigenvalue weighted by atomic mass is 32.2. The Morgan fingerprint density at radius 2 is 1.93 bits per heavy atom. The van der Waals surface area contributed by atoms with Crippen LogP contribution >= 0.6 is 11.8 Å². The third-order valence-corrected chi connectivity index (χ3v) is 6.43. The van der Waals surface area contributed by atoms with Gasteiger partial charge in [-0.25, -0.2) is 4.98 Å². The van der Waals surface area contributed by atoms with Crippen LogP contribution in [0.4, 0.5) is 11.4 Å². The summed E-state index contributed by atoms with van der Waals surface area (Å²) < 4.78 is 0. The Morgan fingerprint density at radius 3 is 2.66 bits per heavy atom. The maximum atomic E-state index is 12.6. The van der Waals surface area contributed by atoms with Crippen molar-refractivity contribution < 1.29 is 9.72 Å². The van der Waals surface area contributed by atoms with Crippen molar-refractivity contribution in [2.45, 2.75) is 36.8 Å². The number of nitro benzene ring substituents is 1. The summed E-state index contributed by atoms with van der Waals surface area (Å²) in [6.45, 7) is 2.25. The highest BCUT2D eigenvalue weighted by Crippen LogP contribution is 2.32. The van der Waals surface area contributed by atoms with E-state index in [0.717, 1.165) is 18.7 Å². The number of carbonyl (C=O) groups is 1. The molecule has 4 rings (SSSR count). The van der Waals surface area contributed by atoms with Crippen molar-refractivity contribution in [2.75, 3.05) is 36.8 Å². The Hall–Kier alpha value is -2.62. The molecule has 29 heavy (non-hydrogen) atoms. The summed E-state index contributed by atoms with van der Waals surface area (Å²) in [5.74, 6) is 1.76. The van der Waals surface area contributed by atoms with Gasteiger partial charge in [-0.3, -0.25) is 20.0 Å². The van der Waals surface area contributed by atoms with Crippen LogP contribution in [0, 0.1) is 10.1 Å². The largest absolute Gasteiger partial charge is 0.362 e. The van der Waals surface area contributed by atoms with Crippen LogP contribution in [0.5, 0.6) is 0 Å². The number of H-pyrrole nitrogens is 1. The van der Waals surface area contributed by atoms with Gasteiger partial charge in [-0.15, -0.1) is 5.10 Å². The second-order valence-electron chi connectivity index (χ2n) is 7.39. The highest BCUT2D eigenvalue weighted by molar-refractivity contribution is 7.99.